The van der Waals surface area contributed by atoms with E-state index in [-0.39, 0.29) is 24.3 Å². The van der Waals surface area contributed by atoms with E-state index in [2.05, 4.69) is 32.3 Å². The molecule has 0 spiro atoms. The van der Waals surface area contributed by atoms with Crippen LogP contribution in [0.4, 0.5) is 5.82 Å². The van der Waals surface area contributed by atoms with Gasteiger partial charge >= 0.3 is 5.97 Å². The number of carboxylic acids is 1. The number of carbonyl (C=O) groups excluding carboxylic acids is 3. The van der Waals surface area contributed by atoms with Crippen LogP contribution in [0.3, 0.4) is 0 Å². The Bertz CT molecular complexity index is 1880. The van der Waals surface area contributed by atoms with E-state index in [0.717, 1.165) is 66.8 Å². The molecule has 6 rings (SSSR count). The van der Waals surface area contributed by atoms with Gasteiger partial charge < -0.3 is 25.2 Å². The number of hydrogen-bond acceptors (Lipinski definition) is 5. The average Bonchev–Trinajstić information content (AvgIpc) is 3.71. The fraction of sp³-hybridized carbons (Fsp3) is 0.359. The highest BCUT2D eigenvalue weighted by molar-refractivity contribution is 6.06. The number of carbonyl (C=O) groups is 4. The van der Waals surface area contributed by atoms with E-state index in [9.17, 15) is 19.2 Å². The Labute approximate surface area is 286 Å². The van der Waals surface area contributed by atoms with Crippen molar-refractivity contribution in [1.82, 2.24) is 19.8 Å². The molecule has 49 heavy (non-hydrogen) atoms. The number of benzene rings is 2. The van der Waals surface area contributed by atoms with Gasteiger partial charge in [-0.1, -0.05) is 68.5 Å². The monoisotopic (exact) mass is 661 g/mol. The van der Waals surface area contributed by atoms with Gasteiger partial charge in [0.15, 0.2) is 0 Å². The molecule has 2 aliphatic carbocycles. The molecular weight excluding hydrogens is 618 g/mol. The number of hydrogen-bond donors (Lipinski definition) is 3. The fourth-order valence-electron chi connectivity index (χ4n) is 7.33. The van der Waals surface area contributed by atoms with Crippen LogP contribution in [0.1, 0.15) is 85.2 Å². The van der Waals surface area contributed by atoms with Crippen LogP contribution in [0.15, 0.2) is 72.9 Å². The normalized spacial score (nSPS) is 16.1. The smallest absolute Gasteiger partial charge is 0.328 e. The lowest BCUT2D eigenvalue weighted by Gasteiger charge is -2.29. The molecule has 2 fully saturated rings. The molecule has 0 unspecified atom stereocenters. The first-order chi connectivity index (χ1) is 23.6. The number of aliphatic carboxylic acids is 1. The Morgan fingerprint density at radius 1 is 0.959 bits per heavy atom. The van der Waals surface area contributed by atoms with E-state index < -0.39 is 11.5 Å². The molecule has 2 saturated carbocycles. The van der Waals surface area contributed by atoms with Gasteiger partial charge in [-0.3, -0.25) is 14.4 Å². The lowest BCUT2D eigenvalue weighted by atomic mass is 9.81. The number of nitrogens with one attached hydrogen (secondary N) is 2. The van der Waals surface area contributed by atoms with Crippen LogP contribution in [0.2, 0.25) is 0 Å². The van der Waals surface area contributed by atoms with Crippen molar-refractivity contribution in [2.24, 2.45) is 0 Å². The maximum absolute atomic E-state index is 14.0. The van der Waals surface area contributed by atoms with Gasteiger partial charge in [0.25, 0.3) is 11.8 Å². The Hall–Kier alpha value is -5.25. The summed E-state index contributed by atoms with van der Waals surface area (Å²) in [5, 5.41) is 15.9. The highest BCUT2D eigenvalue weighted by atomic mass is 16.4. The van der Waals surface area contributed by atoms with E-state index >= 15 is 0 Å². The molecule has 2 aliphatic rings. The second-order valence-electron chi connectivity index (χ2n) is 13.4. The van der Waals surface area contributed by atoms with Crippen molar-refractivity contribution in [3.8, 4) is 11.3 Å². The standard InChI is InChI=1S/C39H43N5O5/c1-43(2)33(45)25-44-31-23-29(17-18-30(31)35(27-11-5-3-6-12-27)36(44)28-13-7-4-8-14-28)37(48)42-39(21-9-10-22-39)38(49)41-32-19-15-26(24-40-32)16-20-34(46)47/h4,7-8,13-20,23-24,27H,3,5-6,9-12,21-22,25H2,1-2H3,(H,42,48)(H,46,47)(H,40,41,49)/b20-16+. The molecule has 0 atom stereocenters. The summed E-state index contributed by atoms with van der Waals surface area (Å²) < 4.78 is 2.08. The summed E-state index contributed by atoms with van der Waals surface area (Å²) >= 11 is 0. The average molecular weight is 662 g/mol. The number of aromatic nitrogens is 2. The minimum Gasteiger partial charge on any atom is -0.478 e. The quantitative estimate of drug-likeness (QED) is 0.164. The van der Waals surface area contributed by atoms with Gasteiger partial charge in [0.05, 0.1) is 11.2 Å². The molecule has 10 nitrogen and oxygen atoms in total. The third-order valence-corrected chi connectivity index (χ3v) is 9.91. The van der Waals surface area contributed by atoms with E-state index in [4.69, 9.17) is 5.11 Å². The first-order valence-corrected chi connectivity index (χ1v) is 17.1. The van der Waals surface area contributed by atoms with Crippen molar-refractivity contribution in [3.63, 3.8) is 0 Å². The van der Waals surface area contributed by atoms with Crippen LogP contribution in [0.5, 0.6) is 0 Å². The molecule has 3 amide bonds. The number of amides is 3. The van der Waals surface area contributed by atoms with E-state index in [1.165, 1.54) is 24.3 Å². The van der Waals surface area contributed by atoms with Crippen molar-refractivity contribution >= 4 is 46.5 Å². The number of carboxylic acid groups (broad SMARTS) is 1. The highest BCUT2D eigenvalue weighted by Gasteiger charge is 2.43. The maximum Gasteiger partial charge on any atom is 0.328 e. The molecule has 4 aromatic rings. The van der Waals surface area contributed by atoms with Crippen molar-refractivity contribution in [3.05, 3.63) is 89.6 Å². The third kappa shape index (κ3) is 7.28. The fourth-order valence-corrected chi connectivity index (χ4v) is 7.33. The number of anilines is 1. The zero-order valence-electron chi connectivity index (χ0n) is 28.1. The maximum atomic E-state index is 14.0. The van der Waals surface area contributed by atoms with Crippen molar-refractivity contribution in [1.29, 1.82) is 0 Å². The van der Waals surface area contributed by atoms with Crippen molar-refractivity contribution in [2.45, 2.75) is 75.8 Å². The molecule has 2 aromatic heterocycles. The van der Waals surface area contributed by atoms with Gasteiger partial charge in [-0.25, -0.2) is 9.78 Å². The molecule has 0 bridgehead atoms. The predicted octanol–water partition coefficient (Wildman–Crippen LogP) is 6.62. The van der Waals surface area contributed by atoms with Crippen LogP contribution >= 0.6 is 0 Å². The summed E-state index contributed by atoms with van der Waals surface area (Å²) in [5.41, 5.74) is 4.03. The summed E-state index contributed by atoms with van der Waals surface area (Å²) in [6, 6.07) is 19.2. The van der Waals surface area contributed by atoms with Crippen LogP contribution in [-0.2, 0) is 20.9 Å². The number of likely N-dealkylation sites (N-methyl/N-ethyl adjacent to an activating group) is 1. The minimum absolute atomic E-state index is 0.0414. The first kappa shape index (κ1) is 33.6. The second kappa shape index (κ2) is 14.5. The summed E-state index contributed by atoms with van der Waals surface area (Å²) in [5.74, 6) is -1.14. The van der Waals surface area contributed by atoms with Gasteiger partial charge in [0.2, 0.25) is 5.91 Å². The first-order valence-electron chi connectivity index (χ1n) is 17.1. The number of fused-ring (bicyclic) bond motifs is 1. The molecule has 10 heteroatoms. The zero-order valence-corrected chi connectivity index (χ0v) is 28.1. The molecule has 2 heterocycles. The van der Waals surface area contributed by atoms with Gasteiger partial charge in [-0.05, 0) is 78.6 Å². The molecule has 2 aromatic carbocycles. The van der Waals surface area contributed by atoms with Crippen LogP contribution in [-0.4, -0.2) is 62.9 Å². The largest absolute Gasteiger partial charge is 0.478 e. The topological polar surface area (TPSA) is 134 Å². The molecule has 0 aliphatic heterocycles. The molecular formula is C39H43N5O5. The molecule has 0 radical (unpaired) electrons. The van der Waals surface area contributed by atoms with Crippen molar-refractivity contribution < 1.29 is 24.3 Å². The minimum atomic E-state index is -1.11. The van der Waals surface area contributed by atoms with Crippen molar-refractivity contribution in [2.75, 3.05) is 19.4 Å². The van der Waals surface area contributed by atoms with E-state index in [1.807, 2.05) is 36.4 Å². The third-order valence-electron chi connectivity index (χ3n) is 9.91. The summed E-state index contributed by atoms with van der Waals surface area (Å²) in [7, 11) is 3.51. The number of pyridine rings is 1. The Morgan fingerprint density at radius 3 is 2.35 bits per heavy atom. The Balaban J connectivity index is 1.35. The van der Waals surface area contributed by atoms with Gasteiger partial charge in [0.1, 0.15) is 17.9 Å². The van der Waals surface area contributed by atoms with E-state index in [1.54, 1.807) is 31.1 Å². The predicted molar refractivity (Wildman–Crippen MR) is 190 cm³/mol. The SMILES string of the molecule is CN(C)C(=O)Cn1c(-c2ccccc2)c(C2CCCCC2)c2ccc(C(=O)NC3(C(=O)Nc4ccc(/C=C/C(=O)O)cn4)CCCC3)cc21. The van der Waals surface area contributed by atoms with Gasteiger partial charge in [-0.2, -0.15) is 0 Å². The second-order valence-corrected chi connectivity index (χ2v) is 13.4. The lowest BCUT2D eigenvalue weighted by molar-refractivity contribution is -0.131. The van der Waals surface area contributed by atoms with Crippen LogP contribution < -0.4 is 10.6 Å². The van der Waals surface area contributed by atoms with Gasteiger partial charge in [-0.15, -0.1) is 0 Å². The summed E-state index contributed by atoms with van der Waals surface area (Å²) in [6.07, 6.45) is 12.2. The Kier molecular flexibility index (Phi) is 9.94. The van der Waals surface area contributed by atoms with E-state index in [0.29, 0.717) is 35.7 Å². The number of nitrogens with zero attached hydrogens (tertiary/aromatic N) is 3. The molecule has 3 N–H and O–H groups in total. The van der Waals surface area contributed by atoms with Crippen LogP contribution in [0.25, 0.3) is 28.2 Å². The zero-order chi connectivity index (χ0) is 34.5. The van der Waals surface area contributed by atoms with Gasteiger partial charge in [0, 0.05) is 37.3 Å². The summed E-state index contributed by atoms with van der Waals surface area (Å²) in [4.78, 5) is 57.7. The highest BCUT2D eigenvalue weighted by Crippen LogP contribution is 2.44. The summed E-state index contributed by atoms with van der Waals surface area (Å²) in [6.45, 7) is 0.135. The molecule has 254 valence electrons. The Morgan fingerprint density at radius 2 is 1.69 bits per heavy atom. The van der Waals surface area contributed by atoms with Crippen LogP contribution in [0, 0.1) is 0 Å². The number of rotatable bonds is 10. The molecule has 0 saturated heterocycles. The lowest BCUT2D eigenvalue weighted by Crippen LogP contribution is -2.55.